The molecule has 0 aliphatic carbocycles. The number of benzene rings is 2. The normalized spacial score (nSPS) is 19.3. The minimum atomic E-state index is -0.472. The first-order chi connectivity index (χ1) is 25.2. The molecule has 6 N–H and O–H groups in total. The first-order valence-electron chi connectivity index (χ1n) is 17.4. The van der Waals surface area contributed by atoms with Gasteiger partial charge in [0, 0.05) is 32.3 Å². The second-order valence-electron chi connectivity index (χ2n) is 12.9. The lowest BCUT2D eigenvalue weighted by molar-refractivity contribution is 0.0837. The summed E-state index contributed by atoms with van der Waals surface area (Å²) < 4.78 is 23.5. The van der Waals surface area contributed by atoms with Crippen LogP contribution in [0.1, 0.15) is 92.0 Å². The summed E-state index contributed by atoms with van der Waals surface area (Å²) in [6.45, 7) is 5.12. The Bertz CT molecular complexity index is 1850. The van der Waals surface area contributed by atoms with Crippen molar-refractivity contribution in [2.75, 3.05) is 33.4 Å². The molecule has 14 nitrogen and oxygen atoms in total. The lowest BCUT2D eigenvalue weighted by atomic mass is 10.1. The molecule has 1 unspecified atom stereocenters. The van der Waals surface area contributed by atoms with E-state index in [1.165, 1.54) is 19.2 Å². The van der Waals surface area contributed by atoms with Gasteiger partial charge < -0.3 is 50.2 Å². The van der Waals surface area contributed by atoms with Crippen LogP contribution in [0.3, 0.4) is 0 Å². The van der Waals surface area contributed by atoms with Crippen molar-refractivity contribution in [2.24, 2.45) is 0 Å². The van der Waals surface area contributed by atoms with E-state index >= 15 is 0 Å². The number of hydrogen-bond donors (Lipinski definition) is 6. The Morgan fingerprint density at radius 2 is 1.29 bits per heavy atom. The molecule has 2 fully saturated rings. The van der Waals surface area contributed by atoms with Crippen molar-refractivity contribution in [2.45, 2.75) is 57.1 Å². The van der Waals surface area contributed by atoms with Crippen LogP contribution >= 0.6 is 0 Å². The molecule has 6 rings (SSSR count). The summed E-state index contributed by atoms with van der Waals surface area (Å²) in [5, 5.41) is 11.3. The third kappa shape index (κ3) is 8.82. The summed E-state index contributed by atoms with van der Waals surface area (Å²) in [5.41, 5.74) is 2.43. The molecular formula is C38H44N6O8. The number of aromatic amines is 2. The van der Waals surface area contributed by atoms with Crippen LogP contribution < -0.4 is 30.7 Å². The van der Waals surface area contributed by atoms with Crippen molar-refractivity contribution in [3.63, 3.8) is 0 Å². The molecular weight excluding hydrogens is 668 g/mol. The molecule has 4 aromatic rings. The Balaban J connectivity index is 1.06. The van der Waals surface area contributed by atoms with Gasteiger partial charge in [-0.2, -0.15) is 0 Å². The van der Waals surface area contributed by atoms with Gasteiger partial charge >= 0.3 is 0 Å². The van der Waals surface area contributed by atoms with E-state index in [0.29, 0.717) is 26.1 Å². The van der Waals surface area contributed by atoms with Crippen molar-refractivity contribution in [1.29, 1.82) is 0 Å². The number of rotatable bonds is 14. The number of hydrogen-bond acceptors (Lipinski definition) is 8. The smallest absolute Gasteiger partial charge is 0.271 e. The average Bonchev–Trinajstić information content (AvgIpc) is 3.99. The van der Waals surface area contributed by atoms with E-state index in [2.05, 4.69) is 31.2 Å². The Hall–Kier alpha value is -5.60. The third-order valence-corrected chi connectivity index (χ3v) is 9.05. The molecule has 2 aliphatic rings. The van der Waals surface area contributed by atoms with Gasteiger partial charge in [-0.1, -0.05) is 60.7 Å². The van der Waals surface area contributed by atoms with Gasteiger partial charge in [-0.25, -0.2) is 0 Å². The van der Waals surface area contributed by atoms with Gasteiger partial charge in [0.2, 0.25) is 0 Å². The molecule has 274 valence electrons. The van der Waals surface area contributed by atoms with Gasteiger partial charge in [0.1, 0.15) is 35.0 Å². The Kier molecular flexibility index (Phi) is 11.6. The highest BCUT2D eigenvalue weighted by molar-refractivity contribution is 6.00. The Labute approximate surface area is 301 Å². The third-order valence-electron chi connectivity index (χ3n) is 9.05. The number of carbonyl (C=O) groups excluding carboxylic acids is 4. The van der Waals surface area contributed by atoms with E-state index in [4.69, 9.17) is 18.9 Å². The van der Waals surface area contributed by atoms with Crippen LogP contribution in [-0.2, 0) is 9.47 Å². The standard InChI is InChI=1S/C38H44N6O8/c1-22(24-10-6-4-7-11-24)51-31-17-30(43-33(31)37(47)39-3)36(46)42-27-16-28(50-21-27)19-40-38(48)34-32(52-23(2)25-12-8-5-9-13-25)18-29(44-34)35(45)41-26-14-15-49-20-26/h4-13,17-18,22-23,26-28,43-44H,14-16,19-21H2,1-3H3,(H,39,47)(H,40,48)(H,41,45)(H,42,46)/t22-,23-,26+,27-,28?/m0/s1. The van der Waals surface area contributed by atoms with E-state index in [0.717, 1.165) is 11.1 Å². The van der Waals surface area contributed by atoms with Gasteiger partial charge in [-0.15, -0.1) is 0 Å². The lowest BCUT2D eigenvalue weighted by Gasteiger charge is -2.16. The van der Waals surface area contributed by atoms with Crippen molar-refractivity contribution < 1.29 is 38.1 Å². The second-order valence-corrected chi connectivity index (χ2v) is 12.9. The molecule has 2 aromatic heterocycles. The predicted octanol–water partition coefficient (Wildman–Crippen LogP) is 3.82. The molecule has 2 aliphatic heterocycles. The molecule has 52 heavy (non-hydrogen) atoms. The molecule has 2 saturated heterocycles. The second kappa shape index (κ2) is 16.6. The molecule has 4 heterocycles. The number of H-pyrrole nitrogens is 2. The van der Waals surface area contributed by atoms with Gasteiger partial charge in [0.15, 0.2) is 11.5 Å². The molecule has 4 amide bonds. The minimum Gasteiger partial charge on any atom is -0.484 e. The quantitative estimate of drug-likeness (QED) is 0.114. The van der Waals surface area contributed by atoms with Crippen LogP contribution in [0.5, 0.6) is 11.5 Å². The van der Waals surface area contributed by atoms with Gasteiger partial charge in [0.25, 0.3) is 23.6 Å². The maximum absolute atomic E-state index is 13.5. The largest absolute Gasteiger partial charge is 0.484 e. The number of amides is 4. The van der Waals surface area contributed by atoms with Crippen LogP contribution in [-0.4, -0.2) is 85.2 Å². The molecule has 0 bridgehead atoms. The number of aromatic nitrogens is 2. The van der Waals surface area contributed by atoms with Crippen LogP contribution in [0.15, 0.2) is 72.8 Å². The fourth-order valence-electron chi connectivity index (χ4n) is 6.15. The summed E-state index contributed by atoms with van der Waals surface area (Å²) in [6, 6.07) is 21.7. The van der Waals surface area contributed by atoms with E-state index in [-0.39, 0.29) is 71.5 Å². The first kappa shape index (κ1) is 36.2. The van der Waals surface area contributed by atoms with Gasteiger partial charge in [-0.05, 0) is 37.8 Å². The highest BCUT2D eigenvalue weighted by atomic mass is 16.5. The van der Waals surface area contributed by atoms with Crippen LogP contribution in [0, 0.1) is 0 Å². The zero-order chi connectivity index (χ0) is 36.6. The SMILES string of the molecule is CNC(=O)c1[nH]c(C(=O)N[C@@H]2COC(CNC(=O)c3[nH]c(C(=O)N[C@@H]4CCOC4)cc3O[C@@H](C)c3ccccc3)C2)cc1O[C@@H](C)c1ccccc1. The zero-order valence-corrected chi connectivity index (χ0v) is 29.3. The summed E-state index contributed by atoms with van der Waals surface area (Å²) >= 11 is 0. The maximum atomic E-state index is 13.5. The first-order valence-corrected chi connectivity index (χ1v) is 17.4. The van der Waals surface area contributed by atoms with Crippen molar-refractivity contribution in [3.05, 3.63) is 107 Å². The molecule has 5 atom stereocenters. The lowest BCUT2D eigenvalue weighted by Crippen LogP contribution is -2.37. The summed E-state index contributed by atoms with van der Waals surface area (Å²) in [7, 11) is 1.50. The van der Waals surface area contributed by atoms with Crippen LogP contribution in [0.2, 0.25) is 0 Å². The van der Waals surface area contributed by atoms with Crippen molar-refractivity contribution in [1.82, 2.24) is 31.2 Å². The highest BCUT2D eigenvalue weighted by Gasteiger charge is 2.30. The van der Waals surface area contributed by atoms with Crippen LogP contribution in [0.4, 0.5) is 0 Å². The van der Waals surface area contributed by atoms with E-state index < -0.39 is 29.9 Å². The van der Waals surface area contributed by atoms with Crippen molar-refractivity contribution >= 4 is 23.6 Å². The van der Waals surface area contributed by atoms with E-state index in [9.17, 15) is 19.2 Å². The van der Waals surface area contributed by atoms with Crippen LogP contribution in [0.25, 0.3) is 0 Å². The molecule has 0 spiro atoms. The summed E-state index contributed by atoms with van der Waals surface area (Å²) in [5.74, 6) is -1.19. The molecule has 0 radical (unpaired) electrons. The zero-order valence-electron chi connectivity index (χ0n) is 29.3. The monoisotopic (exact) mass is 712 g/mol. The van der Waals surface area contributed by atoms with E-state index in [1.807, 2.05) is 74.5 Å². The highest BCUT2D eigenvalue weighted by Crippen LogP contribution is 2.29. The topological polar surface area (TPSA) is 185 Å². The fourth-order valence-corrected chi connectivity index (χ4v) is 6.15. The minimum absolute atomic E-state index is 0.108. The average molecular weight is 713 g/mol. The number of carbonyl (C=O) groups is 4. The molecule has 2 aromatic carbocycles. The van der Waals surface area contributed by atoms with Crippen molar-refractivity contribution in [3.8, 4) is 11.5 Å². The maximum Gasteiger partial charge on any atom is 0.271 e. The van der Waals surface area contributed by atoms with Gasteiger partial charge in [0.05, 0.1) is 31.4 Å². The fraction of sp³-hybridized carbons (Fsp3) is 0.368. The molecule has 0 saturated carbocycles. The Morgan fingerprint density at radius 1 is 0.750 bits per heavy atom. The van der Waals surface area contributed by atoms with Gasteiger partial charge in [-0.3, -0.25) is 19.2 Å². The van der Waals surface area contributed by atoms with E-state index in [1.54, 1.807) is 0 Å². The predicted molar refractivity (Wildman–Crippen MR) is 191 cm³/mol. The number of ether oxygens (including phenoxy) is 4. The summed E-state index contributed by atoms with van der Waals surface area (Å²) in [6.07, 6.45) is -0.0144. The number of nitrogens with one attached hydrogen (secondary N) is 6. The molecule has 14 heteroatoms. The Morgan fingerprint density at radius 3 is 1.81 bits per heavy atom. The summed E-state index contributed by atoms with van der Waals surface area (Å²) in [4.78, 5) is 58.3.